The van der Waals surface area contributed by atoms with Crippen LogP contribution in [0.2, 0.25) is 0 Å². The Labute approximate surface area is 212 Å². The molecular weight excluding hydrogens is 489 g/mol. The van der Waals surface area contributed by atoms with Gasteiger partial charge in [0, 0.05) is 48.2 Å². The molecule has 2 heterocycles. The summed E-state index contributed by atoms with van der Waals surface area (Å²) in [5.41, 5.74) is 8.58. The molecule has 1 aromatic carbocycles. The summed E-state index contributed by atoms with van der Waals surface area (Å²) in [5, 5.41) is 11.5. The molecule has 0 aliphatic rings. The smallest absolute Gasteiger partial charge is 0.383 e. The third-order valence-corrected chi connectivity index (χ3v) is 5.99. The summed E-state index contributed by atoms with van der Waals surface area (Å²) >= 11 is 1.01. The van der Waals surface area contributed by atoms with Crippen molar-refractivity contribution in [3.63, 3.8) is 0 Å². The molecule has 0 saturated heterocycles. The lowest BCUT2D eigenvalue weighted by atomic mass is 10.1. The first-order chi connectivity index (χ1) is 17.0. The van der Waals surface area contributed by atoms with E-state index in [1.54, 1.807) is 6.92 Å². The number of alkyl halides is 3. The maximum absolute atomic E-state index is 13.0. The zero-order chi connectivity index (χ0) is 26.5. The Morgan fingerprint density at radius 1 is 1.17 bits per heavy atom. The van der Waals surface area contributed by atoms with Gasteiger partial charge in [0.25, 0.3) is 0 Å². The molecule has 12 heteroatoms. The Balaban J connectivity index is 1.86. The molecule has 8 nitrogen and oxygen atoms in total. The second kappa shape index (κ2) is 11.6. The van der Waals surface area contributed by atoms with Gasteiger partial charge in [-0.2, -0.15) is 13.2 Å². The number of nitrogens with one attached hydrogen (secondary N) is 3. The number of aromatic nitrogens is 3. The Morgan fingerprint density at radius 2 is 1.92 bits per heavy atom. The van der Waals surface area contributed by atoms with Crippen molar-refractivity contribution >= 4 is 35.0 Å². The summed E-state index contributed by atoms with van der Waals surface area (Å²) in [6.07, 6.45) is -2.63. The molecule has 0 spiro atoms. The zero-order valence-corrected chi connectivity index (χ0v) is 21.3. The molecule has 0 radical (unpaired) electrons. The van der Waals surface area contributed by atoms with Crippen molar-refractivity contribution in [2.75, 3.05) is 43.0 Å². The third kappa shape index (κ3) is 6.85. The number of nitrogen functional groups attached to an aromatic ring is 1. The number of anilines is 3. The molecule has 0 aliphatic carbocycles. The van der Waals surface area contributed by atoms with E-state index in [1.165, 1.54) is 0 Å². The normalized spacial score (nSPS) is 11.6. The van der Waals surface area contributed by atoms with E-state index in [-0.39, 0.29) is 16.6 Å². The number of hydrogen-bond acceptors (Lipinski definition) is 9. The highest BCUT2D eigenvalue weighted by molar-refractivity contribution is 8.00. The number of likely N-dealkylation sites (N-methyl/N-ethyl adjacent to an activating group) is 1. The molecule has 0 aliphatic heterocycles. The van der Waals surface area contributed by atoms with Gasteiger partial charge in [0.2, 0.25) is 0 Å². The molecule has 0 fully saturated rings. The predicted octanol–water partition coefficient (Wildman–Crippen LogP) is 5.18. The van der Waals surface area contributed by atoms with Crippen LogP contribution in [-0.2, 0) is 12.6 Å². The van der Waals surface area contributed by atoms with Gasteiger partial charge in [-0.3, -0.25) is 0 Å². The summed E-state index contributed by atoms with van der Waals surface area (Å²) in [6, 6.07) is 7.50. The highest BCUT2D eigenvalue weighted by Gasteiger charge is 2.30. The Bertz CT molecular complexity index is 1230. The van der Waals surface area contributed by atoms with Crippen LogP contribution in [0.4, 0.5) is 30.5 Å². The van der Waals surface area contributed by atoms with Gasteiger partial charge in [-0.15, -0.1) is 0 Å². The van der Waals surface area contributed by atoms with E-state index < -0.39 is 11.7 Å². The fourth-order valence-electron chi connectivity index (χ4n) is 3.38. The number of nitrogens with two attached hydrogens (primary N) is 1. The van der Waals surface area contributed by atoms with Crippen LogP contribution in [0.3, 0.4) is 0 Å². The molecule has 3 rings (SSSR count). The van der Waals surface area contributed by atoms with E-state index >= 15 is 0 Å². The lowest BCUT2D eigenvalue weighted by Gasteiger charge is -2.16. The molecule has 0 atom stereocenters. The SMILES string of the molecule is CCc1cc(-c2nc(N)c(C(C)=N)c(NCCN(C)C)n2)ccc1NSc1cc(C(F)(F)F)ccn1. The largest absolute Gasteiger partial charge is 0.416 e. The van der Waals surface area contributed by atoms with Crippen molar-refractivity contribution in [1.29, 1.82) is 5.41 Å². The fourth-order valence-corrected chi connectivity index (χ4v) is 4.09. The van der Waals surface area contributed by atoms with Crippen LogP contribution >= 0.6 is 11.9 Å². The highest BCUT2D eigenvalue weighted by atomic mass is 32.2. The van der Waals surface area contributed by atoms with Gasteiger partial charge >= 0.3 is 6.18 Å². The van der Waals surface area contributed by atoms with Crippen LogP contribution in [0.5, 0.6) is 0 Å². The van der Waals surface area contributed by atoms with Crippen LogP contribution in [0.1, 0.15) is 30.5 Å². The lowest BCUT2D eigenvalue weighted by Crippen LogP contribution is -2.22. The van der Waals surface area contributed by atoms with E-state index in [1.807, 2.05) is 44.1 Å². The summed E-state index contributed by atoms with van der Waals surface area (Å²) in [5.74, 6) is 1.13. The van der Waals surface area contributed by atoms with Crippen molar-refractivity contribution < 1.29 is 13.2 Å². The van der Waals surface area contributed by atoms with Gasteiger partial charge in [0.15, 0.2) is 5.82 Å². The molecule has 36 heavy (non-hydrogen) atoms. The van der Waals surface area contributed by atoms with Crippen molar-refractivity contribution in [3.8, 4) is 11.4 Å². The van der Waals surface area contributed by atoms with E-state index in [0.29, 0.717) is 30.2 Å². The molecule has 0 saturated carbocycles. The third-order valence-electron chi connectivity index (χ3n) is 5.24. The number of aryl methyl sites for hydroxylation is 1. The van der Waals surface area contributed by atoms with Gasteiger partial charge in [-0.05, 0) is 63.3 Å². The first-order valence-electron chi connectivity index (χ1n) is 11.2. The van der Waals surface area contributed by atoms with Gasteiger partial charge in [0.1, 0.15) is 16.7 Å². The van der Waals surface area contributed by atoms with Crippen molar-refractivity contribution in [2.24, 2.45) is 0 Å². The minimum absolute atomic E-state index is 0.207. The van der Waals surface area contributed by atoms with Crippen LogP contribution in [0, 0.1) is 5.41 Å². The Kier molecular flexibility index (Phi) is 8.75. The molecule has 2 aromatic heterocycles. The number of benzene rings is 1. The molecule has 0 unspecified atom stereocenters. The van der Waals surface area contributed by atoms with Gasteiger partial charge in [-0.25, -0.2) is 15.0 Å². The second-order valence-corrected chi connectivity index (χ2v) is 9.15. The number of halogens is 3. The average Bonchev–Trinajstić information content (AvgIpc) is 2.81. The quantitative estimate of drug-likeness (QED) is 0.214. The first-order valence-corrected chi connectivity index (χ1v) is 12.0. The number of nitrogens with zero attached hydrogens (tertiary/aromatic N) is 4. The first kappa shape index (κ1) is 27.2. The van der Waals surface area contributed by atoms with Gasteiger partial charge < -0.3 is 26.1 Å². The maximum atomic E-state index is 13.0. The minimum atomic E-state index is -4.43. The molecule has 0 bridgehead atoms. The Morgan fingerprint density at radius 3 is 2.56 bits per heavy atom. The topological polar surface area (TPSA) is 116 Å². The molecule has 0 amide bonds. The number of hydrogen-bond donors (Lipinski definition) is 4. The zero-order valence-electron chi connectivity index (χ0n) is 20.5. The lowest BCUT2D eigenvalue weighted by molar-refractivity contribution is -0.137. The van der Waals surface area contributed by atoms with Crippen molar-refractivity contribution in [1.82, 2.24) is 19.9 Å². The summed E-state index contributed by atoms with van der Waals surface area (Å²) in [4.78, 5) is 15.1. The molecule has 192 valence electrons. The standard InChI is InChI=1S/C24H29F3N8S/c1-5-15-12-16(6-7-18(15)34-36-19-13-17(8-9-30-19)24(25,26)27)22-32-21(29)20(14(2)28)23(33-22)31-10-11-35(3)4/h6-9,12-13,28,34H,5,10-11H2,1-4H3,(H3,29,31,32,33). The van der Waals surface area contributed by atoms with Crippen LogP contribution in [0.25, 0.3) is 11.4 Å². The summed E-state index contributed by atoms with van der Waals surface area (Å²) in [6.45, 7) is 5.00. The second-order valence-electron chi connectivity index (χ2n) is 8.32. The highest BCUT2D eigenvalue weighted by Crippen LogP contribution is 2.33. The minimum Gasteiger partial charge on any atom is -0.383 e. The summed E-state index contributed by atoms with van der Waals surface area (Å²) < 4.78 is 42.1. The molecular formula is C24H29F3N8S. The molecule has 5 N–H and O–H groups in total. The molecule has 3 aromatic rings. The van der Waals surface area contributed by atoms with Gasteiger partial charge in [-0.1, -0.05) is 6.92 Å². The van der Waals surface area contributed by atoms with Gasteiger partial charge in [0.05, 0.1) is 11.1 Å². The average molecular weight is 519 g/mol. The summed E-state index contributed by atoms with van der Waals surface area (Å²) in [7, 11) is 3.93. The Hall–Kier alpha value is -3.38. The monoisotopic (exact) mass is 518 g/mol. The fraction of sp³-hybridized carbons (Fsp3) is 0.333. The number of rotatable bonds is 10. The van der Waals surface area contributed by atoms with E-state index in [4.69, 9.17) is 11.1 Å². The van der Waals surface area contributed by atoms with Crippen molar-refractivity contribution in [3.05, 3.63) is 53.2 Å². The van der Waals surface area contributed by atoms with Crippen LogP contribution in [0.15, 0.2) is 41.6 Å². The van der Waals surface area contributed by atoms with E-state index in [9.17, 15) is 13.2 Å². The maximum Gasteiger partial charge on any atom is 0.416 e. The van der Waals surface area contributed by atoms with Crippen molar-refractivity contribution in [2.45, 2.75) is 31.5 Å². The number of pyridine rings is 1. The van der Waals surface area contributed by atoms with E-state index in [2.05, 4.69) is 25.0 Å². The van der Waals surface area contributed by atoms with E-state index in [0.717, 1.165) is 53.6 Å². The predicted molar refractivity (Wildman–Crippen MR) is 140 cm³/mol. The van der Waals surface area contributed by atoms with Crippen LogP contribution in [-0.4, -0.2) is 52.7 Å². The van der Waals surface area contributed by atoms with Crippen LogP contribution < -0.4 is 15.8 Å².